The summed E-state index contributed by atoms with van der Waals surface area (Å²) in [6.45, 7) is 1.64. The number of ether oxygens (including phenoxy) is 1. The smallest absolute Gasteiger partial charge is 0.253 e. The number of carbonyl (C=O) groups is 2. The van der Waals surface area contributed by atoms with Crippen LogP contribution in [0, 0.1) is 5.92 Å². The predicted octanol–water partition coefficient (Wildman–Crippen LogP) is 3.72. The van der Waals surface area contributed by atoms with E-state index in [4.69, 9.17) is 4.74 Å². The lowest BCUT2D eigenvalue weighted by atomic mass is 9.95. The summed E-state index contributed by atoms with van der Waals surface area (Å²) in [5, 5.41) is 11.7. The van der Waals surface area contributed by atoms with Gasteiger partial charge in [0.05, 0.1) is 18.7 Å². The number of hydrogen-bond donors (Lipinski definition) is 1. The van der Waals surface area contributed by atoms with Crippen molar-refractivity contribution in [3.05, 3.63) is 53.6 Å². The van der Waals surface area contributed by atoms with E-state index in [1.807, 2.05) is 52.0 Å². The van der Waals surface area contributed by atoms with E-state index >= 15 is 0 Å². The van der Waals surface area contributed by atoms with E-state index in [0.717, 1.165) is 35.2 Å². The van der Waals surface area contributed by atoms with Gasteiger partial charge in [0.1, 0.15) is 11.3 Å². The van der Waals surface area contributed by atoms with E-state index in [0.29, 0.717) is 44.1 Å². The monoisotopic (exact) mass is 461 g/mol. The molecule has 1 aliphatic heterocycles. The Bertz CT molecular complexity index is 1160. The van der Waals surface area contributed by atoms with Crippen molar-refractivity contribution >= 4 is 22.8 Å². The summed E-state index contributed by atoms with van der Waals surface area (Å²) in [7, 11) is 1.63. The van der Waals surface area contributed by atoms with Gasteiger partial charge in [0.25, 0.3) is 5.91 Å². The summed E-state index contributed by atoms with van der Waals surface area (Å²) in [6.07, 6.45) is 6.08. The number of amides is 2. The lowest BCUT2D eigenvalue weighted by Gasteiger charge is -2.31. The van der Waals surface area contributed by atoms with Gasteiger partial charge in [0, 0.05) is 31.1 Å². The van der Waals surface area contributed by atoms with Gasteiger partial charge in [0.15, 0.2) is 0 Å². The zero-order valence-electron chi connectivity index (χ0n) is 19.6. The molecule has 1 saturated heterocycles. The molecule has 34 heavy (non-hydrogen) atoms. The third-order valence-corrected chi connectivity index (χ3v) is 7.17. The van der Waals surface area contributed by atoms with Crippen molar-refractivity contribution in [3.8, 4) is 5.75 Å². The van der Waals surface area contributed by atoms with Crippen LogP contribution in [-0.2, 0) is 11.3 Å². The number of carbonyl (C=O) groups excluding carboxylic acids is 2. The van der Waals surface area contributed by atoms with Crippen molar-refractivity contribution in [1.29, 1.82) is 0 Å². The highest BCUT2D eigenvalue weighted by atomic mass is 16.5. The topological polar surface area (TPSA) is 89.3 Å². The summed E-state index contributed by atoms with van der Waals surface area (Å²) in [5.41, 5.74) is 3.43. The molecule has 0 bridgehead atoms. The van der Waals surface area contributed by atoms with Crippen LogP contribution in [0.1, 0.15) is 60.5 Å². The second kappa shape index (κ2) is 9.83. The average molecular weight is 462 g/mol. The Balaban J connectivity index is 1.15. The number of nitrogens with zero attached hydrogens (tertiary/aromatic N) is 4. The molecular weight excluding hydrogens is 430 g/mol. The summed E-state index contributed by atoms with van der Waals surface area (Å²) in [6, 6.07) is 13.8. The molecule has 8 nitrogen and oxygen atoms in total. The Hall–Kier alpha value is -3.42. The highest BCUT2D eigenvalue weighted by Gasteiger charge is 2.28. The SMILES string of the molecule is COc1ccc(CNC(=O)C2CCN(C(=O)c3ccc4c(c3)nnn4C3CCCC3)CC2)cc1. The summed E-state index contributed by atoms with van der Waals surface area (Å²) < 4.78 is 7.19. The molecular formula is C26H31N5O3. The van der Waals surface area contributed by atoms with Crippen molar-refractivity contribution in [2.75, 3.05) is 20.2 Å². The first-order chi connectivity index (χ1) is 16.6. The van der Waals surface area contributed by atoms with E-state index in [2.05, 4.69) is 15.6 Å². The number of nitrogens with one attached hydrogen (secondary N) is 1. The number of likely N-dealkylation sites (tertiary alicyclic amines) is 1. The van der Waals surface area contributed by atoms with Crippen molar-refractivity contribution in [3.63, 3.8) is 0 Å². The van der Waals surface area contributed by atoms with Crippen LogP contribution in [0.25, 0.3) is 11.0 Å². The van der Waals surface area contributed by atoms with Gasteiger partial charge in [-0.2, -0.15) is 0 Å². The lowest BCUT2D eigenvalue weighted by molar-refractivity contribution is -0.126. The van der Waals surface area contributed by atoms with E-state index in [9.17, 15) is 9.59 Å². The highest BCUT2D eigenvalue weighted by molar-refractivity contribution is 5.97. The fourth-order valence-electron chi connectivity index (χ4n) is 5.10. The maximum atomic E-state index is 13.1. The largest absolute Gasteiger partial charge is 0.497 e. The van der Waals surface area contributed by atoms with Crippen LogP contribution in [-0.4, -0.2) is 51.9 Å². The number of aromatic nitrogens is 3. The van der Waals surface area contributed by atoms with Crippen LogP contribution in [0.5, 0.6) is 5.75 Å². The normalized spacial score (nSPS) is 17.3. The molecule has 1 aliphatic carbocycles. The van der Waals surface area contributed by atoms with Crippen LogP contribution in [0.4, 0.5) is 0 Å². The first-order valence-electron chi connectivity index (χ1n) is 12.2. The molecule has 2 aliphatic rings. The van der Waals surface area contributed by atoms with Crippen molar-refractivity contribution in [2.45, 2.75) is 51.1 Å². The third-order valence-electron chi connectivity index (χ3n) is 7.17. The van der Waals surface area contributed by atoms with Crippen LogP contribution in [0.2, 0.25) is 0 Å². The molecule has 5 rings (SSSR count). The van der Waals surface area contributed by atoms with Crippen LogP contribution < -0.4 is 10.1 Å². The Morgan fingerprint density at radius 3 is 2.47 bits per heavy atom. The minimum atomic E-state index is -0.0731. The summed E-state index contributed by atoms with van der Waals surface area (Å²) in [4.78, 5) is 27.6. The van der Waals surface area contributed by atoms with Crippen LogP contribution in [0.15, 0.2) is 42.5 Å². The zero-order valence-corrected chi connectivity index (χ0v) is 19.6. The molecule has 2 fully saturated rings. The van der Waals surface area contributed by atoms with Gasteiger partial charge in [-0.1, -0.05) is 30.2 Å². The second-order valence-corrected chi connectivity index (χ2v) is 9.31. The molecule has 1 aromatic heterocycles. The maximum Gasteiger partial charge on any atom is 0.253 e. The Kier molecular flexibility index (Phi) is 6.47. The lowest BCUT2D eigenvalue weighted by Crippen LogP contribution is -2.42. The van der Waals surface area contributed by atoms with Gasteiger partial charge in [-0.25, -0.2) is 4.68 Å². The summed E-state index contributed by atoms with van der Waals surface area (Å²) in [5.74, 6) is 0.767. The molecule has 0 atom stereocenters. The average Bonchev–Trinajstić information content (AvgIpc) is 3.57. The number of methoxy groups -OCH3 is 1. The Labute approximate surface area is 199 Å². The van der Waals surface area contributed by atoms with Gasteiger partial charge in [-0.05, 0) is 61.6 Å². The number of piperidine rings is 1. The molecule has 2 heterocycles. The fraction of sp³-hybridized carbons (Fsp3) is 0.462. The summed E-state index contributed by atoms with van der Waals surface area (Å²) >= 11 is 0. The Morgan fingerprint density at radius 1 is 1.03 bits per heavy atom. The van der Waals surface area contributed by atoms with Crippen molar-refractivity contribution < 1.29 is 14.3 Å². The first kappa shape index (κ1) is 22.4. The number of benzene rings is 2. The molecule has 0 unspecified atom stereocenters. The van der Waals surface area contributed by atoms with Crippen LogP contribution >= 0.6 is 0 Å². The van der Waals surface area contributed by atoms with E-state index < -0.39 is 0 Å². The molecule has 2 amide bonds. The fourth-order valence-corrected chi connectivity index (χ4v) is 5.10. The van der Waals surface area contributed by atoms with E-state index in [1.54, 1.807) is 7.11 Å². The zero-order chi connectivity index (χ0) is 23.5. The van der Waals surface area contributed by atoms with Gasteiger partial charge in [-0.3, -0.25) is 9.59 Å². The second-order valence-electron chi connectivity index (χ2n) is 9.31. The third kappa shape index (κ3) is 4.62. The number of hydrogen-bond acceptors (Lipinski definition) is 5. The van der Waals surface area contributed by atoms with Crippen molar-refractivity contribution in [1.82, 2.24) is 25.2 Å². The van der Waals surface area contributed by atoms with Crippen LogP contribution in [0.3, 0.4) is 0 Å². The standard InChI is InChI=1S/C26H31N5O3/c1-34-22-9-6-18(7-10-22)17-27-25(32)19-12-14-30(15-13-19)26(33)20-8-11-24-23(16-20)28-29-31(24)21-4-2-3-5-21/h6-11,16,19,21H,2-5,12-15,17H2,1H3,(H,27,32). The molecule has 1 N–H and O–H groups in total. The Morgan fingerprint density at radius 2 is 1.76 bits per heavy atom. The minimum Gasteiger partial charge on any atom is -0.497 e. The molecule has 178 valence electrons. The highest BCUT2D eigenvalue weighted by Crippen LogP contribution is 2.31. The van der Waals surface area contributed by atoms with E-state index in [1.165, 1.54) is 12.8 Å². The predicted molar refractivity (Wildman–Crippen MR) is 129 cm³/mol. The van der Waals surface area contributed by atoms with Crippen molar-refractivity contribution in [2.24, 2.45) is 5.92 Å². The molecule has 0 radical (unpaired) electrons. The number of fused-ring (bicyclic) bond motifs is 1. The van der Waals surface area contributed by atoms with Gasteiger partial charge in [-0.15, -0.1) is 5.10 Å². The number of rotatable bonds is 6. The van der Waals surface area contributed by atoms with Gasteiger partial charge >= 0.3 is 0 Å². The van der Waals surface area contributed by atoms with E-state index in [-0.39, 0.29) is 17.7 Å². The minimum absolute atomic E-state index is 0.00518. The molecule has 8 heteroatoms. The molecule has 1 saturated carbocycles. The maximum absolute atomic E-state index is 13.1. The molecule has 2 aromatic carbocycles. The quantitative estimate of drug-likeness (QED) is 0.604. The first-order valence-corrected chi connectivity index (χ1v) is 12.2. The van der Waals surface area contributed by atoms with Gasteiger partial charge in [0.2, 0.25) is 5.91 Å². The molecule has 0 spiro atoms. The van der Waals surface area contributed by atoms with Gasteiger partial charge < -0.3 is 15.0 Å². The molecule has 3 aromatic rings.